The molecule has 1 saturated heterocycles. The Labute approximate surface area is 196 Å². The summed E-state index contributed by atoms with van der Waals surface area (Å²) in [6.45, 7) is 4.23. The SMILES string of the molecule is CCCC(CC[C@H]1CC[C@@H]2[C@@H](C=C[C@@H](O)COc3cccc(C)c3)[C@H](O)C[C@@H]2S1)C(=O)O. The lowest BCUT2D eigenvalue weighted by molar-refractivity contribution is -0.142. The zero-order valence-corrected chi connectivity index (χ0v) is 20.0. The molecule has 1 aliphatic heterocycles. The predicted octanol–water partition coefficient (Wildman–Crippen LogP) is 4.83. The summed E-state index contributed by atoms with van der Waals surface area (Å²) < 4.78 is 5.68. The smallest absolute Gasteiger partial charge is 0.306 e. The number of benzene rings is 1. The molecule has 0 aromatic heterocycles. The lowest BCUT2D eigenvalue weighted by atomic mass is 9.87. The van der Waals surface area contributed by atoms with E-state index in [2.05, 4.69) is 0 Å². The first-order valence-electron chi connectivity index (χ1n) is 12.0. The van der Waals surface area contributed by atoms with E-state index in [4.69, 9.17) is 4.74 Å². The van der Waals surface area contributed by atoms with Gasteiger partial charge in [0.15, 0.2) is 0 Å². The highest BCUT2D eigenvalue weighted by Gasteiger charge is 2.44. The van der Waals surface area contributed by atoms with Gasteiger partial charge in [-0.05, 0) is 69.1 Å². The van der Waals surface area contributed by atoms with Crippen molar-refractivity contribution >= 4 is 17.7 Å². The fourth-order valence-electron chi connectivity index (χ4n) is 5.14. The van der Waals surface area contributed by atoms with Crippen molar-refractivity contribution in [2.45, 2.75) is 81.5 Å². The van der Waals surface area contributed by atoms with Crippen LogP contribution in [-0.2, 0) is 4.79 Å². The molecule has 0 spiro atoms. The van der Waals surface area contributed by atoms with Crippen molar-refractivity contribution in [2.75, 3.05) is 6.61 Å². The topological polar surface area (TPSA) is 87.0 Å². The molecule has 1 aromatic carbocycles. The number of aliphatic hydroxyl groups excluding tert-OH is 2. The Kier molecular flexibility index (Phi) is 9.50. The third-order valence-corrected chi connectivity index (χ3v) is 8.62. The second-order valence-electron chi connectivity index (χ2n) is 9.40. The molecular formula is C26H38O5S. The van der Waals surface area contributed by atoms with Gasteiger partial charge in [0.25, 0.3) is 0 Å². The third-order valence-electron chi connectivity index (χ3n) is 6.87. The Balaban J connectivity index is 1.47. The van der Waals surface area contributed by atoms with Crippen molar-refractivity contribution < 1.29 is 24.9 Å². The zero-order valence-electron chi connectivity index (χ0n) is 19.2. The first kappa shape index (κ1) is 25.1. The summed E-state index contributed by atoms with van der Waals surface area (Å²) in [7, 11) is 0. The van der Waals surface area contributed by atoms with E-state index in [1.54, 1.807) is 6.08 Å². The van der Waals surface area contributed by atoms with Crippen LogP contribution in [0.5, 0.6) is 5.75 Å². The number of carboxylic acids is 1. The Bertz CT molecular complexity index is 766. The van der Waals surface area contributed by atoms with Gasteiger partial charge in [-0.2, -0.15) is 11.8 Å². The number of aliphatic carboxylic acids is 1. The molecule has 3 N–H and O–H groups in total. The number of ether oxygens (including phenoxy) is 1. The highest BCUT2D eigenvalue weighted by atomic mass is 32.2. The number of carboxylic acid groups (broad SMARTS) is 1. The van der Waals surface area contributed by atoms with E-state index in [1.165, 1.54) is 0 Å². The summed E-state index contributed by atoms with van der Waals surface area (Å²) in [5.74, 6) is 0.327. The van der Waals surface area contributed by atoms with Crippen molar-refractivity contribution in [3.05, 3.63) is 42.0 Å². The number of carbonyl (C=O) groups is 1. The normalized spacial score (nSPS) is 29.6. The van der Waals surface area contributed by atoms with Crippen LogP contribution in [0, 0.1) is 24.7 Å². The molecule has 1 unspecified atom stereocenters. The minimum absolute atomic E-state index is 0.0638. The summed E-state index contributed by atoms with van der Waals surface area (Å²) in [6.07, 6.45) is 8.90. The molecular weight excluding hydrogens is 424 g/mol. The average molecular weight is 463 g/mol. The Morgan fingerprint density at radius 3 is 2.84 bits per heavy atom. The van der Waals surface area contributed by atoms with Crippen LogP contribution >= 0.6 is 11.8 Å². The fourth-order valence-corrected chi connectivity index (χ4v) is 7.01. The Morgan fingerprint density at radius 2 is 2.12 bits per heavy atom. The standard InChI is InChI=1S/C26H38O5S/c1-3-5-18(26(29)30)8-10-21-11-13-23-22(24(28)15-25(23)32-21)12-9-19(27)16-31-20-7-4-6-17(2)14-20/h4,6-7,9,12,14,18-19,21-25,27-28H,3,5,8,10-11,13,15-16H2,1-2H3,(H,29,30)/t18?,19-,21+,22-,23-,24-,25+/m1/s1. The highest BCUT2D eigenvalue weighted by Crippen LogP contribution is 2.50. The molecule has 2 fully saturated rings. The summed E-state index contributed by atoms with van der Waals surface area (Å²) in [4.78, 5) is 11.4. The molecule has 1 saturated carbocycles. The average Bonchev–Trinajstić information content (AvgIpc) is 3.07. The number of fused-ring (bicyclic) bond motifs is 1. The summed E-state index contributed by atoms with van der Waals surface area (Å²) in [5, 5.41) is 31.3. The molecule has 0 radical (unpaired) electrons. The molecule has 32 heavy (non-hydrogen) atoms. The first-order chi connectivity index (χ1) is 15.4. The summed E-state index contributed by atoms with van der Waals surface area (Å²) >= 11 is 1.95. The number of aliphatic hydroxyl groups is 2. The van der Waals surface area contributed by atoms with Gasteiger partial charge < -0.3 is 20.1 Å². The van der Waals surface area contributed by atoms with E-state index >= 15 is 0 Å². The molecule has 7 atom stereocenters. The maximum absolute atomic E-state index is 11.4. The van der Waals surface area contributed by atoms with Crippen molar-refractivity contribution in [1.82, 2.24) is 0 Å². The molecule has 3 rings (SSSR count). The maximum Gasteiger partial charge on any atom is 0.306 e. The number of thioether (sulfide) groups is 1. The van der Waals surface area contributed by atoms with Crippen molar-refractivity contribution in [3.8, 4) is 5.75 Å². The van der Waals surface area contributed by atoms with Gasteiger partial charge >= 0.3 is 5.97 Å². The molecule has 178 valence electrons. The van der Waals surface area contributed by atoms with E-state index in [0.717, 1.165) is 56.3 Å². The van der Waals surface area contributed by atoms with Gasteiger partial charge in [0.1, 0.15) is 18.5 Å². The molecule has 1 aromatic rings. The quantitative estimate of drug-likeness (QED) is 0.408. The predicted molar refractivity (Wildman–Crippen MR) is 129 cm³/mol. The number of aryl methyl sites for hydroxylation is 1. The highest BCUT2D eigenvalue weighted by molar-refractivity contribution is 8.00. The maximum atomic E-state index is 11.4. The minimum atomic E-state index is -0.711. The zero-order chi connectivity index (χ0) is 23.1. The van der Waals surface area contributed by atoms with Gasteiger partial charge in [0, 0.05) is 16.4 Å². The van der Waals surface area contributed by atoms with Gasteiger partial charge in [-0.3, -0.25) is 4.79 Å². The third kappa shape index (κ3) is 7.00. The minimum Gasteiger partial charge on any atom is -0.491 e. The number of hydrogen-bond acceptors (Lipinski definition) is 5. The lowest BCUT2D eigenvalue weighted by Gasteiger charge is -2.33. The molecule has 1 aliphatic carbocycles. The Morgan fingerprint density at radius 1 is 1.31 bits per heavy atom. The fraction of sp³-hybridized carbons (Fsp3) is 0.654. The van der Waals surface area contributed by atoms with Crippen LogP contribution in [0.2, 0.25) is 0 Å². The monoisotopic (exact) mass is 462 g/mol. The van der Waals surface area contributed by atoms with Crippen LogP contribution in [0.25, 0.3) is 0 Å². The summed E-state index contributed by atoms with van der Waals surface area (Å²) in [5.41, 5.74) is 1.12. The van der Waals surface area contributed by atoms with Crippen LogP contribution in [0.3, 0.4) is 0 Å². The van der Waals surface area contributed by atoms with E-state index in [9.17, 15) is 20.1 Å². The van der Waals surface area contributed by atoms with E-state index in [-0.39, 0.29) is 24.5 Å². The van der Waals surface area contributed by atoms with Crippen molar-refractivity contribution in [3.63, 3.8) is 0 Å². The van der Waals surface area contributed by atoms with Crippen LogP contribution in [0.4, 0.5) is 0 Å². The molecule has 1 heterocycles. The molecule has 0 amide bonds. The van der Waals surface area contributed by atoms with Crippen LogP contribution in [0.15, 0.2) is 36.4 Å². The Hall–Kier alpha value is -1.50. The number of rotatable bonds is 11. The van der Waals surface area contributed by atoms with E-state index in [1.807, 2.05) is 56.0 Å². The van der Waals surface area contributed by atoms with Crippen molar-refractivity contribution in [1.29, 1.82) is 0 Å². The first-order valence-corrected chi connectivity index (χ1v) is 12.9. The van der Waals surface area contributed by atoms with Gasteiger partial charge in [0.05, 0.1) is 12.0 Å². The molecule has 0 bridgehead atoms. The van der Waals surface area contributed by atoms with Gasteiger partial charge in [-0.1, -0.05) is 37.6 Å². The van der Waals surface area contributed by atoms with Gasteiger partial charge in [0.2, 0.25) is 0 Å². The van der Waals surface area contributed by atoms with Crippen LogP contribution < -0.4 is 4.74 Å². The largest absolute Gasteiger partial charge is 0.491 e. The van der Waals surface area contributed by atoms with Crippen LogP contribution in [0.1, 0.15) is 57.4 Å². The van der Waals surface area contributed by atoms with Crippen molar-refractivity contribution in [2.24, 2.45) is 17.8 Å². The van der Waals surface area contributed by atoms with E-state index < -0.39 is 12.1 Å². The number of hydrogen-bond donors (Lipinski definition) is 3. The van der Waals surface area contributed by atoms with E-state index in [0.29, 0.717) is 16.4 Å². The second-order valence-corrected chi connectivity index (χ2v) is 10.9. The second kappa shape index (κ2) is 12.1. The van der Waals surface area contributed by atoms with Gasteiger partial charge in [-0.25, -0.2) is 0 Å². The van der Waals surface area contributed by atoms with Gasteiger partial charge in [-0.15, -0.1) is 0 Å². The van der Waals surface area contributed by atoms with Crippen LogP contribution in [-0.4, -0.2) is 50.6 Å². The molecule has 2 aliphatic rings. The summed E-state index contributed by atoms with van der Waals surface area (Å²) in [6, 6.07) is 7.76. The molecule has 5 nitrogen and oxygen atoms in total. The molecule has 6 heteroatoms. The lowest BCUT2D eigenvalue weighted by Crippen LogP contribution is -2.27.